The Morgan fingerprint density at radius 3 is 2.67 bits per heavy atom. The molecule has 1 aromatic rings. The van der Waals surface area contributed by atoms with Gasteiger partial charge in [0.05, 0.1) is 12.4 Å². The molecule has 0 atom stereocenters. The molecule has 0 aliphatic rings. The van der Waals surface area contributed by atoms with Crippen LogP contribution in [0.3, 0.4) is 0 Å². The topological polar surface area (TPSA) is 63.8 Å². The molecule has 1 heterocycles. The van der Waals surface area contributed by atoms with Crippen LogP contribution in [0, 0.1) is 5.95 Å². The van der Waals surface area contributed by atoms with Gasteiger partial charge in [0.1, 0.15) is 0 Å². The lowest BCUT2D eigenvalue weighted by Gasteiger charge is -1.93. The van der Waals surface area contributed by atoms with Crippen molar-refractivity contribution in [3.05, 3.63) is 18.3 Å². The molecule has 0 saturated heterocycles. The van der Waals surface area contributed by atoms with Crippen LogP contribution in [0.1, 0.15) is 0 Å². The number of rotatable bonds is 1. The fraction of sp³-hybridized carbons (Fsp3) is 0. The van der Waals surface area contributed by atoms with Crippen molar-refractivity contribution >= 4 is 5.82 Å². The van der Waals surface area contributed by atoms with E-state index in [9.17, 15) is 4.39 Å². The van der Waals surface area contributed by atoms with Crippen LogP contribution >= 0.6 is 0 Å². The van der Waals surface area contributed by atoms with Gasteiger partial charge in [0.2, 0.25) is 5.95 Å². The van der Waals surface area contributed by atoms with E-state index < -0.39 is 5.95 Å². The van der Waals surface area contributed by atoms with Crippen LogP contribution in [-0.4, -0.2) is 9.97 Å². The number of hydrogen-bond donors (Lipinski definition) is 2. The fourth-order valence-corrected chi connectivity index (χ4v) is 0.387. The first kappa shape index (κ1) is 5.90. The summed E-state index contributed by atoms with van der Waals surface area (Å²) in [7, 11) is 0. The van der Waals surface area contributed by atoms with Crippen LogP contribution in [0.2, 0.25) is 0 Å². The van der Waals surface area contributed by atoms with E-state index in [1.54, 1.807) is 0 Å². The molecule has 0 saturated carbocycles. The zero-order valence-corrected chi connectivity index (χ0v) is 4.50. The van der Waals surface area contributed by atoms with Crippen molar-refractivity contribution in [2.45, 2.75) is 0 Å². The summed E-state index contributed by atoms with van der Waals surface area (Å²) >= 11 is 0. The second-order valence-corrected chi connectivity index (χ2v) is 1.37. The van der Waals surface area contributed by atoms with Gasteiger partial charge in [-0.1, -0.05) is 0 Å². The highest BCUT2D eigenvalue weighted by molar-refractivity contribution is 5.27. The minimum absolute atomic E-state index is 0.344. The zero-order valence-electron chi connectivity index (χ0n) is 4.50. The Labute approximate surface area is 50.9 Å². The van der Waals surface area contributed by atoms with Gasteiger partial charge in [-0.2, -0.15) is 4.39 Å². The van der Waals surface area contributed by atoms with Crippen LogP contribution in [0.5, 0.6) is 0 Å². The van der Waals surface area contributed by atoms with Gasteiger partial charge in [-0.15, -0.1) is 0 Å². The fourth-order valence-electron chi connectivity index (χ4n) is 0.387. The van der Waals surface area contributed by atoms with Crippen LogP contribution in [0.25, 0.3) is 0 Å². The minimum Gasteiger partial charge on any atom is -0.307 e. The zero-order chi connectivity index (χ0) is 6.69. The molecule has 0 spiro atoms. The number of nitrogens with zero attached hydrogens (tertiary/aromatic N) is 2. The van der Waals surface area contributed by atoms with Crippen molar-refractivity contribution in [1.29, 1.82) is 0 Å². The highest BCUT2D eigenvalue weighted by Gasteiger charge is 1.90. The number of nitrogen functional groups attached to an aromatic ring is 1. The molecular weight excluding hydrogens is 123 g/mol. The Hall–Kier alpha value is -1.23. The standard InChI is InChI=1S/C4H5FN4/c5-3-1-8-4(9-6)2-7-3/h1-2H,6H2,(H,8,9). The first-order chi connectivity index (χ1) is 4.33. The van der Waals surface area contributed by atoms with Crippen LogP contribution in [-0.2, 0) is 0 Å². The average molecular weight is 128 g/mol. The quantitative estimate of drug-likeness (QED) is 0.409. The van der Waals surface area contributed by atoms with E-state index in [-0.39, 0.29) is 0 Å². The summed E-state index contributed by atoms with van der Waals surface area (Å²) in [6.45, 7) is 0. The Kier molecular flexibility index (Phi) is 1.55. The Morgan fingerprint density at radius 2 is 2.22 bits per heavy atom. The van der Waals surface area contributed by atoms with Crippen LogP contribution in [0.4, 0.5) is 10.2 Å². The van der Waals surface area contributed by atoms with E-state index >= 15 is 0 Å². The third kappa shape index (κ3) is 1.33. The van der Waals surface area contributed by atoms with Crippen molar-refractivity contribution in [3.8, 4) is 0 Å². The molecule has 0 aliphatic carbocycles. The molecule has 5 heteroatoms. The molecule has 1 aromatic heterocycles. The van der Waals surface area contributed by atoms with Gasteiger partial charge in [0.25, 0.3) is 0 Å². The Morgan fingerprint density at radius 1 is 1.44 bits per heavy atom. The summed E-state index contributed by atoms with van der Waals surface area (Å²) in [5.41, 5.74) is 2.21. The average Bonchev–Trinajstić information content (AvgIpc) is 1.90. The maximum absolute atomic E-state index is 12.0. The monoisotopic (exact) mass is 128 g/mol. The molecule has 3 N–H and O–H groups in total. The second kappa shape index (κ2) is 2.36. The normalized spacial score (nSPS) is 9.11. The number of anilines is 1. The molecule has 1 rings (SSSR count). The summed E-state index contributed by atoms with van der Waals surface area (Å²) in [6.07, 6.45) is 2.19. The minimum atomic E-state index is -0.617. The summed E-state index contributed by atoms with van der Waals surface area (Å²) in [5.74, 6) is 4.65. The number of halogens is 1. The number of hydrogen-bond acceptors (Lipinski definition) is 4. The van der Waals surface area contributed by atoms with E-state index in [2.05, 4.69) is 15.4 Å². The highest BCUT2D eigenvalue weighted by Crippen LogP contribution is 1.95. The van der Waals surface area contributed by atoms with Crippen molar-refractivity contribution in [2.24, 2.45) is 5.84 Å². The second-order valence-electron chi connectivity index (χ2n) is 1.37. The number of nitrogens with one attached hydrogen (secondary N) is 1. The summed E-state index contributed by atoms with van der Waals surface area (Å²) in [5, 5.41) is 0. The van der Waals surface area contributed by atoms with E-state index in [0.29, 0.717) is 5.82 Å². The molecule has 9 heavy (non-hydrogen) atoms. The van der Waals surface area contributed by atoms with E-state index in [1.807, 2.05) is 0 Å². The summed E-state index contributed by atoms with van der Waals surface area (Å²) in [4.78, 5) is 6.80. The molecule has 4 nitrogen and oxygen atoms in total. The van der Waals surface area contributed by atoms with Crippen LogP contribution < -0.4 is 11.3 Å². The predicted molar refractivity (Wildman–Crippen MR) is 29.8 cm³/mol. The van der Waals surface area contributed by atoms with Crippen LogP contribution in [0.15, 0.2) is 12.4 Å². The van der Waals surface area contributed by atoms with Gasteiger partial charge in [-0.3, -0.25) is 0 Å². The van der Waals surface area contributed by atoms with Gasteiger partial charge < -0.3 is 5.43 Å². The molecule has 0 amide bonds. The number of nitrogens with two attached hydrogens (primary N) is 1. The first-order valence-electron chi connectivity index (χ1n) is 2.27. The lowest BCUT2D eigenvalue weighted by Crippen LogP contribution is -2.08. The molecular formula is C4H5FN4. The Bertz CT molecular complexity index is 184. The summed E-state index contributed by atoms with van der Waals surface area (Å²) < 4.78 is 12.0. The lowest BCUT2D eigenvalue weighted by atomic mass is 10.7. The van der Waals surface area contributed by atoms with Crippen molar-refractivity contribution in [1.82, 2.24) is 9.97 Å². The van der Waals surface area contributed by atoms with E-state index in [1.165, 1.54) is 6.20 Å². The van der Waals surface area contributed by atoms with Gasteiger partial charge in [-0.05, 0) is 0 Å². The summed E-state index contributed by atoms with van der Waals surface area (Å²) in [6, 6.07) is 0. The van der Waals surface area contributed by atoms with Crippen molar-refractivity contribution in [2.75, 3.05) is 5.43 Å². The first-order valence-corrected chi connectivity index (χ1v) is 2.27. The van der Waals surface area contributed by atoms with Gasteiger partial charge >= 0.3 is 0 Å². The largest absolute Gasteiger partial charge is 0.307 e. The highest BCUT2D eigenvalue weighted by atomic mass is 19.1. The molecule has 0 bridgehead atoms. The van der Waals surface area contributed by atoms with Crippen molar-refractivity contribution in [3.63, 3.8) is 0 Å². The number of aromatic nitrogens is 2. The van der Waals surface area contributed by atoms with Gasteiger partial charge in [0.15, 0.2) is 5.82 Å². The molecule has 0 aliphatic heterocycles. The molecule has 0 radical (unpaired) electrons. The van der Waals surface area contributed by atoms with Gasteiger partial charge in [-0.25, -0.2) is 15.8 Å². The predicted octanol–water partition coefficient (Wildman–Crippen LogP) is -0.0987. The lowest BCUT2D eigenvalue weighted by molar-refractivity contribution is 0.577. The number of hydrazine groups is 1. The van der Waals surface area contributed by atoms with Crippen molar-refractivity contribution < 1.29 is 4.39 Å². The maximum Gasteiger partial charge on any atom is 0.231 e. The van der Waals surface area contributed by atoms with E-state index in [0.717, 1.165) is 6.20 Å². The van der Waals surface area contributed by atoms with Gasteiger partial charge in [0, 0.05) is 0 Å². The Balaban J connectivity index is 2.88. The third-order valence-corrected chi connectivity index (χ3v) is 0.768. The SMILES string of the molecule is NNc1cnc(F)cn1. The maximum atomic E-state index is 12.0. The molecule has 48 valence electrons. The van der Waals surface area contributed by atoms with E-state index in [4.69, 9.17) is 5.84 Å². The molecule has 0 fully saturated rings. The molecule has 0 unspecified atom stereocenters. The third-order valence-electron chi connectivity index (χ3n) is 0.768. The molecule has 0 aromatic carbocycles. The smallest absolute Gasteiger partial charge is 0.231 e.